The summed E-state index contributed by atoms with van der Waals surface area (Å²) >= 11 is 0. The van der Waals surface area contributed by atoms with Crippen molar-refractivity contribution in [2.24, 2.45) is 15.8 Å². The Labute approximate surface area is 196 Å². The van der Waals surface area contributed by atoms with Gasteiger partial charge in [0.1, 0.15) is 5.75 Å². The first-order valence-corrected chi connectivity index (χ1v) is 11.4. The molecule has 0 aliphatic heterocycles. The molecule has 0 spiro atoms. The summed E-state index contributed by atoms with van der Waals surface area (Å²) in [6.07, 6.45) is -1.49. The van der Waals surface area contributed by atoms with E-state index in [2.05, 4.69) is 32.7 Å². The van der Waals surface area contributed by atoms with Gasteiger partial charge in [0.05, 0.1) is 31.8 Å². The molecule has 1 atom stereocenters. The van der Waals surface area contributed by atoms with Crippen LogP contribution in [0.4, 0.5) is 18.9 Å². The van der Waals surface area contributed by atoms with Crippen molar-refractivity contribution >= 4 is 12.0 Å². The SMILES string of the molecule is CCN(C)C=Nc1cc(OC)c(C(O)(COC2CC(C)(C)CC(C)(C)C2)C(F)(F)F)cc1C. The number of aliphatic imine (C=N–C) groups is 1. The number of alkyl halides is 3. The maximum atomic E-state index is 14.3. The molecular formula is C25H39F3N2O3. The average molecular weight is 473 g/mol. The van der Waals surface area contributed by atoms with Crippen LogP contribution in [0.2, 0.25) is 0 Å². The molecule has 0 heterocycles. The van der Waals surface area contributed by atoms with E-state index in [0.29, 0.717) is 24.1 Å². The lowest BCUT2D eigenvalue weighted by Gasteiger charge is -2.45. The van der Waals surface area contributed by atoms with E-state index in [1.807, 2.05) is 18.9 Å². The summed E-state index contributed by atoms with van der Waals surface area (Å²) in [6.45, 7) is 11.8. The van der Waals surface area contributed by atoms with Crippen LogP contribution in [0.3, 0.4) is 0 Å². The van der Waals surface area contributed by atoms with Crippen LogP contribution in [-0.4, -0.2) is 55.9 Å². The summed E-state index contributed by atoms with van der Waals surface area (Å²) in [5.41, 5.74) is -2.72. The van der Waals surface area contributed by atoms with Crippen LogP contribution in [0, 0.1) is 17.8 Å². The summed E-state index contributed by atoms with van der Waals surface area (Å²) in [5.74, 6) is -0.0837. The highest BCUT2D eigenvalue weighted by atomic mass is 19.4. The molecule has 1 aliphatic carbocycles. The van der Waals surface area contributed by atoms with Crippen molar-refractivity contribution in [3.8, 4) is 5.75 Å². The van der Waals surface area contributed by atoms with Crippen molar-refractivity contribution in [2.75, 3.05) is 27.3 Å². The van der Waals surface area contributed by atoms with Crippen LogP contribution >= 0.6 is 0 Å². The number of aliphatic hydroxyl groups is 1. The molecule has 1 aromatic rings. The van der Waals surface area contributed by atoms with E-state index in [1.54, 1.807) is 13.3 Å². The first-order valence-electron chi connectivity index (χ1n) is 11.4. The average Bonchev–Trinajstić information content (AvgIpc) is 2.67. The van der Waals surface area contributed by atoms with Crippen molar-refractivity contribution < 1.29 is 27.8 Å². The molecule has 0 amide bonds. The van der Waals surface area contributed by atoms with Gasteiger partial charge in [-0.05, 0) is 55.6 Å². The smallest absolute Gasteiger partial charge is 0.423 e. The molecular weight excluding hydrogens is 433 g/mol. The molecule has 0 saturated heterocycles. The van der Waals surface area contributed by atoms with Gasteiger partial charge in [-0.1, -0.05) is 27.7 Å². The first kappa shape index (κ1) is 27.4. The second kappa shape index (κ2) is 9.82. The Hall–Kier alpha value is -1.80. The summed E-state index contributed by atoms with van der Waals surface area (Å²) in [7, 11) is 3.13. The van der Waals surface area contributed by atoms with Gasteiger partial charge < -0.3 is 19.5 Å². The molecule has 1 aliphatic rings. The number of rotatable bonds is 8. The van der Waals surface area contributed by atoms with Gasteiger partial charge in [-0.3, -0.25) is 0 Å². The molecule has 1 unspecified atom stereocenters. The topological polar surface area (TPSA) is 54.3 Å². The lowest BCUT2D eigenvalue weighted by molar-refractivity contribution is -0.288. The van der Waals surface area contributed by atoms with Gasteiger partial charge in [-0.25, -0.2) is 4.99 Å². The van der Waals surface area contributed by atoms with Crippen LogP contribution < -0.4 is 4.74 Å². The molecule has 0 bridgehead atoms. The van der Waals surface area contributed by atoms with Crippen molar-refractivity contribution in [1.29, 1.82) is 0 Å². The summed E-state index contributed by atoms with van der Waals surface area (Å²) in [4.78, 5) is 6.19. The van der Waals surface area contributed by atoms with E-state index in [4.69, 9.17) is 9.47 Å². The van der Waals surface area contributed by atoms with Crippen LogP contribution in [0.25, 0.3) is 0 Å². The number of halogens is 3. The lowest BCUT2D eigenvalue weighted by Crippen LogP contribution is -2.48. The second-order valence-electron chi connectivity index (χ2n) is 10.9. The molecule has 1 saturated carbocycles. The van der Waals surface area contributed by atoms with Crippen molar-refractivity contribution in [2.45, 2.75) is 78.7 Å². The van der Waals surface area contributed by atoms with Crippen LogP contribution in [0.1, 0.15) is 65.0 Å². The monoisotopic (exact) mass is 472 g/mol. The summed E-state index contributed by atoms with van der Waals surface area (Å²) < 4.78 is 53.9. The number of aryl methyl sites for hydroxylation is 1. The third-order valence-electron chi connectivity index (χ3n) is 6.37. The molecule has 0 aromatic heterocycles. The zero-order valence-corrected chi connectivity index (χ0v) is 21.1. The molecule has 1 fully saturated rings. The number of benzene rings is 1. The predicted octanol–water partition coefficient (Wildman–Crippen LogP) is 5.99. The molecule has 0 radical (unpaired) electrons. The highest BCUT2D eigenvalue weighted by molar-refractivity contribution is 5.65. The molecule has 2 rings (SSSR count). The fourth-order valence-electron chi connectivity index (χ4n) is 4.96. The standard InChI is InChI=1S/C25H39F3N2O3/c1-9-30(7)16-29-20-11-21(32-8)19(10-17(20)2)24(31,25(26,27)28)15-33-18-12-22(3,4)14-23(5,6)13-18/h10-11,16,18,31H,9,12-15H2,1-8H3. The Morgan fingerprint density at radius 2 is 1.76 bits per heavy atom. The third-order valence-corrected chi connectivity index (χ3v) is 6.37. The summed E-state index contributed by atoms with van der Waals surface area (Å²) in [5, 5.41) is 11.0. The lowest BCUT2D eigenvalue weighted by atomic mass is 9.64. The highest BCUT2D eigenvalue weighted by Gasteiger charge is 2.57. The van der Waals surface area contributed by atoms with E-state index < -0.39 is 18.4 Å². The molecule has 188 valence electrons. The van der Waals surface area contributed by atoms with E-state index in [-0.39, 0.29) is 28.2 Å². The number of hydrogen-bond donors (Lipinski definition) is 1. The van der Waals surface area contributed by atoms with Crippen LogP contribution in [0.5, 0.6) is 5.75 Å². The largest absolute Gasteiger partial charge is 0.496 e. The Bertz CT molecular complexity index is 836. The Balaban J connectivity index is 2.41. The van der Waals surface area contributed by atoms with Crippen molar-refractivity contribution in [1.82, 2.24) is 4.90 Å². The van der Waals surface area contributed by atoms with Gasteiger partial charge in [0.15, 0.2) is 0 Å². The van der Waals surface area contributed by atoms with Gasteiger partial charge in [0.2, 0.25) is 5.60 Å². The third kappa shape index (κ3) is 6.63. The van der Waals surface area contributed by atoms with E-state index in [9.17, 15) is 18.3 Å². The minimum atomic E-state index is -4.96. The maximum absolute atomic E-state index is 14.3. The van der Waals surface area contributed by atoms with Gasteiger partial charge >= 0.3 is 6.18 Å². The first-order chi connectivity index (χ1) is 15.0. The zero-order valence-electron chi connectivity index (χ0n) is 21.1. The Morgan fingerprint density at radius 1 is 1.18 bits per heavy atom. The van der Waals surface area contributed by atoms with Crippen LogP contribution in [0.15, 0.2) is 17.1 Å². The van der Waals surface area contributed by atoms with Crippen molar-refractivity contribution in [3.05, 3.63) is 23.3 Å². The number of methoxy groups -OCH3 is 1. The number of ether oxygens (including phenoxy) is 2. The van der Waals surface area contributed by atoms with E-state index in [1.165, 1.54) is 19.2 Å². The molecule has 33 heavy (non-hydrogen) atoms. The van der Waals surface area contributed by atoms with Gasteiger partial charge in [0, 0.05) is 25.2 Å². The Morgan fingerprint density at radius 3 is 2.24 bits per heavy atom. The zero-order chi connectivity index (χ0) is 25.2. The van der Waals surface area contributed by atoms with Gasteiger partial charge in [0.25, 0.3) is 0 Å². The molecule has 5 nitrogen and oxygen atoms in total. The Kier molecular flexibility index (Phi) is 8.17. The number of nitrogens with zero attached hydrogens (tertiary/aromatic N) is 2. The highest BCUT2D eigenvalue weighted by Crippen LogP contribution is 2.49. The second-order valence-corrected chi connectivity index (χ2v) is 10.9. The minimum absolute atomic E-state index is 0.0532. The molecule has 8 heteroatoms. The normalized spacial score (nSPS) is 20.6. The quantitative estimate of drug-likeness (QED) is 0.373. The van der Waals surface area contributed by atoms with Gasteiger partial charge in [-0.15, -0.1) is 0 Å². The maximum Gasteiger partial charge on any atom is 0.423 e. The fraction of sp³-hybridized carbons (Fsp3) is 0.720. The predicted molar refractivity (Wildman–Crippen MR) is 125 cm³/mol. The summed E-state index contributed by atoms with van der Waals surface area (Å²) in [6, 6.07) is 2.72. The van der Waals surface area contributed by atoms with E-state index >= 15 is 0 Å². The van der Waals surface area contributed by atoms with E-state index in [0.717, 1.165) is 13.0 Å². The number of hydrogen-bond acceptors (Lipinski definition) is 4. The minimum Gasteiger partial charge on any atom is -0.496 e. The molecule has 1 N–H and O–H groups in total. The fourth-order valence-corrected chi connectivity index (χ4v) is 4.96. The molecule has 1 aromatic carbocycles. The van der Waals surface area contributed by atoms with Crippen molar-refractivity contribution in [3.63, 3.8) is 0 Å². The van der Waals surface area contributed by atoms with Crippen LogP contribution in [-0.2, 0) is 10.3 Å². The van der Waals surface area contributed by atoms with Gasteiger partial charge in [-0.2, -0.15) is 13.2 Å².